The van der Waals surface area contributed by atoms with Crippen molar-refractivity contribution in [2.24, 2.45) is 5.92 Å². The Bertz CT molecular complexity index is 697. The second-order valence-corrected chi connectivity index (χ2v) is 5.46. The van der Waals surface area contributed by atoms with Gasteiger partial charge in [0.25, 0.3) is 0 Å². The standard InChI is InChI=1S/C14H16N2O3/c1-6(2)4-8-10-9(5-7(3)18-14(10)17)12-11(8)13(15)16-19-12/h5-6,8H,4H2,1-3H3,(H2,15,16)/t8-/m0/s1. The number of hydrogen-bond donors (Lipinski definition) is 1. The molecule has 19 heavy (non-hydrogen) atoms. The van der Waals surface area contributed by atoms with E-state index in [1.165, 1.54) is 0 Å². The zero-order chi connectivity index (χ0) is 13.7. The lowest BCUT2D eigenvalue weighted by Crippen LogP contribution is -2.14. The highest BCUT2D eigenvalue weighted by molar-refractivity contribution is 5.77. The first-order chi connectivity index (χ1) is 8.99. The second kappa shape index (κ2) is 3.98. The zero-order valence-corrected chi connectivity index (χ0v) is 11.2. The fourth-order valence-corrected chi connectivity index (χ4v) is 2.83. The first-order valence-corrected chi connectivity index (χ1v) is 6.39. The van der Waals surface area contributed by atoms with E-state index in [9.17, 15) is 4.79 Å². The van der Waals surface area contributed by atoms with Gasteiger partial charge in [-0.2, -0.15) is 0 Å². The van der Waals surface area contributed by atoms with Crippen molar-refractivity contribution in [2.45, 2.75) is 33.1 Å². The summed E-state index contributed by atoms with van der Waals surface area (Å²) < 4.78 is 10.5. The molecule has 100 valence electrons. The van der Waals surface area contributed by atoms with Crippen molar-refractivity contribution >= 4 is 5.82 Å². The van der Waals surface area contributed by atoms with Crippen LogP contribution in [0.3, 0.4) is 0 Å². The van der Waals surface area contributed by atoms with Gasteiger partial charge in [-0.15, -0.1) is 0 Å². The zero-order valence-electron chi connectivity index (χ0n) is 11.2. The minimum Gasteiger partial charge on any atom is -0.428 e. The lowest BCUT2D eigenvalue weighted by atomic mass is 9.90. The Morgan fingerprint density at radius 3 is 2.84 bits per heavy atom. The summed E-state index contributed by atoms with van der Waals surface area (Å²) in [5.41, 5.74) is 7.85. The molecular formula is C14H16N2O3. The summed E-state index contributed by atoms with van der Waals surface area (Å²) in [5.74, 6) is 1.91. The molecular weight excluding hydrogens is 244 g/mol. The Balaban J connectivity index is 2.28. The average molecular weight is 260 g/mol. The normalized spacial score (nSPS) is 16.7. The Labute approximate surface area is 110 Å². The summed E-state index contributed by atoms with van der Waals surface area (Å²) in [6, 6.07) is 1.82. The van der Waals surface area contributed by atoms with Gasteiger partial charge in [-0.1, -0.05) is 19.0 Å². The predicted octanol–water partition coefficient (Wildman–Crippen LogP) is 2.68. The minimum absolute atomic E-state index is 0.0758. The summed E-state index contributed by atoms with van der Waals surface area (Å²) in [7, 11) is 0. The fourth-order valence-electron chi connectivity index (χ4n) is 2.83. The van der Waals surface area contributed by atoms with E-state index in [2.05, 4.69) is 19.0 Å². The number of hydrogen-bond acceptors (Lipinski definition) is 5. The molecule has 5 heteroatoms. The quantitative estimate of drug-likeness (QED) is 0.897. The molecule has 0 fully saturated rings. The molecule has 2 aromatic heterocycles. The molecule has 2 N–H and O–H groups in total. The topological polar surface area (TPSA) is 82.3 Å². The number of aromatic nitrogens is 1. The largest absolute Gasteiger partial charge is 0.428 e. The van der Waals surface area contributed by atoms with Crippen LogP contribution in [0.25, 0.3) is 11.3 Å². The molecule has 0 saturated heterocycles. The summed E-state index contributed by atoms with van der Waals surface area (Å²) >= 11 is 0. The molecule has 1 atom stereocenters. The molecule has 0 bridgehead atoms. The maximum Gasteiger partial charge on any atom is 0.340 e. The van der Waals surface area contributed by atoms with Gasteiger partial charge in [-0.3, -0.25) is 0 Å². The molecule has 2 heterocycles. The van der Waals surface area contributed by atoms with Crippen LogP contribution >= 0.6 is 0 Å². The molecule has 0 unspecified atom stereocenters. The number of anilines is 1. The van der Waals surface area contributed by atoms with Crippen LogP contribution in [0.15, 0.2) is 19.8 Å². The van der Waals surface area contributed by atoms with E-state index in [-0.39, 0.29) is 11.5 Å². The third-order valence-corrected chi connectivity index (χ3v) is 3.52. The maximum absolute atomic E-state index is 12.1. The van der Waals surface area contributed by atoms with E-state index in [1.807, 2.05) is 6.07 Å². The van der Waals surface area contributed by atoms with Crippen LogP contribution in [-0.4, -0.2) is 5.16 Å². The van der Waals surface area contributed by atoms with E-state index in [4.69, 9.17) is 14.7 Å². The predicted molar refractivity (Wildman–Crippen MR) is 70.9 cm³/mol. The molecule has 1 aliphatic carbocycles. The van der Waals surface area contributed by atoms with Crippen LogP contribution < -0.4 is 11.4 Å². The van der Waals surface area contributed by atoms with Crippen LogP contribution in [0, 0.1) is 12.8 Å². The van der Waals surface area contributed by atoms with Crippen molar-refractivity contribution in [3.05, 3.63) is 33.4 Å². The monoisotopic (exact) mass is 260 g/mol. The van der Waals surface area contributed by atoms with Gasteiger partial charge in [0.2, 0.25) is 0 Å². The minimum atomic E-state index is -0.300. The van der Waals surface area contributed by atoms with Crippen molar-refractivity contribution in [2.75, 3.05) is 5.73 Å². The lowest BCUT2D eigenvalue weighted by Gasteiger charge is -2.13. The number of rotatable bonds is 2. The van der Waals surface area contributed by atoms with Crippen LogP contribution in [0.5, 0.6) is 0 Å². The molecule has 0 amide bonds. The van der Waals surface area contributed by atoms with E-state index >= 15 is 0 Å². The van der Waals surface area contributed by atoms with Gasteiger partial charge >= 0.3 is 5.63 Å². The Morgan fingerprint density at radius 2 is 2.16 bits per heavy atom. The number of fused-ring (bicyclic) bond motifs is 3. The van der Waals surface area contributed by atoms with Crippen LogP contribution in [0.2, 0.25) is 0 Å². The molecule has 0 spiro atoms. The Morgan fingerprint density at radius 1 is 1.42 bits per heavy atom. The van der Waals surface area contributed by atoms with Crippen molar-refractivity contribution in [3.8, 4) is 11.3 Å². The van der Waals surface area contributed by atoms with Gasteiger partial charge in [-0.05, 0) is 25.3 Å². The highest BCUT2D eigenvalue weighted by atomic mass is 16.5. The van der Waals surface area contributed by atoms with Gasteiger partial charge in [0.1, 0.15) is 5.76 Å². The third-order valence-electron chi connectivity index (χ3n) is 3.52. The highest BCUT2D eigenvalue weighted by Gasteiger charge is 2.38. The smallest absolute Gasteiger partial charge is 0.340 e. The van der Waals surface area contributed by atoms with Gasteiger partial charge in [0.15, 0.2) is 11.6 Å². The van der Waals surface area contributed by atoms with Crippen LogP contribution in [0.1, 0.15) is 43.1 Å². The first-order valence-electron chi connectivity index (χ1n) is 6.39. The Hall–Kier alpha value is -2.04. The first kappa shape index (κ1) is 12.0. The van der Waals surface area contributed by atoms with Gasteiger partial charge in [0.05, 0.1) is 11.1 Å². The third kappa shape index (κ3) is 1.69. The summed E-state index contributed by atoms with van der Waals surface area (Å²) in [4.78, 5) is 12.1. The van der Waals surface area contributed by atoms with E-state index in [1.54, 1.807) is 6.92 Å². The van der Waals surface area contributed by atoms with Crippen LogP contribution in [0.4, 0.5) is 5.82 Å². The summed E-state index contributed by atoms with van der Waals surface area (Å²) in [5, 5.41) is 3.82. The summed E-state index contributed by atoms with van der Waals surface area (Å²) in [6.45, 7) is 5.96. The van der Waals surface area contributed by atoms with Crippen molar-refractivity contribution in [1.29, 1.82) is 0 Å². The van der Waals surface area contributed by atoms with Crippen molar-refractivity contribution in [3.63, 3.8) is 0 Å². The van der Waals surface area contributed by atoms with Gasteiger partial charge in [-0.25, -0.2) is 4.79 Å². The lowest BCUT2D eigenvalue weighted by molar-refractivity contribution is 0.433. The highest BCUT2D eigenvalue weighted by Crippen LogP contribution is 2.48. The molecule has 0 aliphatic heterocycles. The van der Waals surface area contributed by atoms with Crippen molar-refractivity contribution in [1.82, 2.24) is 5.16 Å². The molecule has 5 nitrogen and oxygen atoms in total. The van der Waals surface area contributed by atoms with E-state index in [0.29, 0.717) is 28.8 Å². The fraction of sp³-hybridized carbons (Fsp3) is 0.429. The van der Waals surface area contributed by atoms with Gasteiger partial charge < -0.3 is 14.7 Å². The number of aryl methyl sites for hydroxylation is 1. The Kier molecular flexibility index (Phi) is 2.52. The number of nitrogens with two attached hydrogens (primary N) is 1. The van der Waals surface area contributed by atoms with E-state index in [0.717, 1.165) is 17.5 Å². The molecule has 0 radical (unpaired) electrons. The molecule has 3 rings (SSSR count). The molecule has 0 saturated carbocycles. The second-order valence-electron chi connectivity index (χ2n) is 5.46. The molecule has 2 aromatic rings. The summed E-state index contributed by atoms with van der Waals surface area (Å²) in [6.07, 6.45) is 0.819. The van der Waals surface area contributed by atoms with Crippen molar-refractivity contribution < 1.29 is 8.94 Å². The van der Waals surface area contributed by atoms with E-state index < -0.39 is 0 Å². The average Bonchev–Trinajstić information content (AvgIpc) is 2.80. The SMILES string of the molecule is Cc1cc2c(c(=O)o1)[C@H](CC(C)C)c1c(N)noc1-2. The number of nitrogen functional groups attached to an aromatic ring is 1. The number of nitrogens with zero attached hydrogens (tertiary/aromatic N) is 1. The molecule has 0 aromatic carbocycles. The maximum atomic E-state index is 12.1. The van der Waals surface area contributed by atoms with Crippen LogP contribution in [-0.2, 0) is 0 Å². The van der Waals surface area contributed by atoms with Gasteiger partial charge in [0, 0.05) is 11.5 Å². The molecule has 1 aliphatic rings.